The molecule has 10 heteroatoms. The average molecular weight is 291 g/mol. The Labute approximate surface area is 111 Å². The molecular formula is C10H14FN3O6. The summed E-state index contributed by atoms with van der Waals surface area (Å²) in [6.45, 7) is -1.17. The van der Waals surface area contributed by atoms with E-state index < -0.39 is 43.5 Å². The summed E-state index contributed by atoms with van der Waals surface area (Å²) in [5, 5.41) is 36.3. The number of halogens is 1. The molecule has 0 aliphatic carbocycles. The Bertz CT molecular complexity index is 538. The summed E-state index contributed by atoms with van der Waals surface area (Å²) in [5.41, 5.74) is 0.722. The first-order valence-electron chi connectivity index (χ1n) is 5.75. The lowest BCUT2D eigenvalue weighted by Gasteiger charge is -2.17. The number of ether oxygens (including phenoxy) is 1. The van der Waals surface area contributed by atoms with E-state index in [4.69, 9.17) is 20.2 Å². The molecule has 1 aliphatic heterocycles. The van der Waals surface area contributed by atoms with Gasteiger partial charge in [0.05, 0.1) is 13.2 Å². The van der Waals surface area contributed by atoms with Crippen LogP contribution in [0, 0.1) is 0 Å². The van der Waals surface area contributed by atoms with Crippen molar-refractivity contribution in [1.82, 2.24) is 9.55 Å². The Morgan fingerprint density at radius 1 is 1.50 bits per heavy atom. The topological polar surface area (TPSA) is 137 Å². The summed E-state index contributed by atoms with van der Waals surface area (Å²) in [6, 6.07) is 0. The van der Waals surface area contributed by atoms with Crippen molar-refractivity contribution in [1.29, 1.82) is 0 Å². The second kappa shape index (κ2) is 5.81. The average Bonchev–Trinajstić information content (AvgIpc) is 2.74. The smallest absolute Gasteiger partial charge is 0.351 e. The van der Waals surface area contributed by atoms with Crippen LogP contribution in [0.3, 0.4) is 0 Å². The van der Waals surface area contributed by atoms with Crippen molar-refractivity contribution in [2.45, 2.75) is 31.2 Å². The van der Waals surface area contributed by atoms with E-state index >= 15 is 0 Å². The third-order valence-electron chi connectivity index (χ3n) is 3.05. The fourth-order valence-electron chi connectivity index (χ4n) is 1.98. The van der Waals surface area contributed by atoms with Gasteiger partial charge < -0.3 is 20.1 Å². The van der Waals surface area contributed by atoms with E-state index in [1.165, 1.54) is 0 Å². The molecule has 2 rings (SSSR count). The Morgan fingerprint density at radius 2 is 2.20 bits per heavy atom. The normalized spacial score (nSPS) is 29.6. The largest absolute Gasteiger partial charge is 0.394 e. The van der Waals surface area contributed by atoms with Crippen LogP contribution in [0.2, 0.25) is 0 Å². The van der Waals surface area contributed by atoms with Crippen LogP contribution in [0.4, 0.5) is 10.2 Å². The predicted octanol–water partition coefficient (Wildman–Crippen LogP) is -1.87. The highest BCUT2D eigenvalue weighted by atomic mass is 19.1. The number of hydrogen-bond acceptors (Lipinski definition) is 8. The van der Waals surface area contributed by atoms with Crippen LogP contribution in [0.5, 0.6) is 0 Å². The molecule has 112 valence electrons. The molecule has 4 atom stereocenters. The van der Waals surface area contributed by atoms with E-state index in [1.54, 1.807) is 5.48 Å². The molecule has 0 radical (unpaired) electrons. The van der Waals surface area contributed by atoms with E-state index in [9.17, 15) is 14.3 Å². The summed E-state index contributed by atoms with van der Waals surface area (Å²) in [4.78, 5) is 15.1. The number of alkyl halides is 1. The predicted molar refractivity (Wildman–Crippen MR) is 61.7 cm³/mol. The van der Waals surface area contributed by atoms with E-state index in [-0.39, 0.29) is 11.4 Å². The zero-order valence-electron chi connectivity index (χ0n) is 10.2. The minimum Gasteiger partial charge on any atom is -0.394 e. The number of hydrogen-bond donors (Lipinski definition) is 5. The molecule has 5 N–H and O–H groups in total. The maximum atomic E-state index is 13.9. The zero-order valence-corrected chi connectivity index (χ0v) is 10.2. The van der Waals surface area contributed by atoms with Crippen LogP contribution in [-0.2, 0) is 11.3 Å². The number of aliphatic hydroxyl groups is 3. The molecule has 1 unspecified atom stereocenters. The maximum Gasteiger partial charge on any atom is 0.351 e. The molecule has 1 aromatic rings. The number of aliphatic hydroxyl groups excluding tert-OH is 3. The van der Waals surface area contributed by atoms with Crippen LogP contribution >= 0.6 is 0 Å². The van der Waals surface area contributed by atoms with Gasteiger partial charge in [0, 0.05) is 11.8 Å². The number of nitrogens with one attached hydrogen (secondary N) is 1. The molecule has 1 fully saturated rings. The van der Waals surface area contributed by atoms with Gasteiger partial charge in [-0.05, 0) is 0 Å². The highest BCUT2D eigenvalue weighted by molar-refractivity contribution is 5.39. The number of nitrogens with zero attached hydrogens (tertiary/aromatic N) is 2. The van der Waals surface area contributed by atoms with Crippen LogP contribution in [0.1, 0.15) is 11.8 Å². The van der Waals surface area contributed by atoms with Gasteiger partial charge in [0.1, 0.15) is 12.2 Å². The molecular weight excluding hydrogens is 277 g/mol. The summed E-state index contributed by atoms with van der Waals surface area (Å²) >= 11 is 0. The van der Waals surface area contributed by atoms with Gasteiger partial charge in [-0.15, -0.1) is 0 Å². The molecule has 9 nitrogen and oxygen atoms in total. The first-order valence-corrected chi connectivity index (χ1v) is 5.75. The molecule has 20 heavy (non-hydrogen) atoms. The molecule has 0 amide bonds. The van der Waals surface area contributed by atoms with Gasteiger partial charge in [-0.3, -0.25) is 15.3 Å². The van der Waals surface area contributed by atoms with Crippen molar-refractivity contribution in [3.8, 4) is 0 Å². The van der Waals surface area contributed by atoms with Crippen LogP contribution in [0.15, 0.2) is 11.0 Å². The Kier molecular flexibility index (Phi) is 4.30. The molecule has 1 aliphatic rings. The Balaban J connectivity index is 2.41. The first-order chi connectivity index (χ1) is 9.53. The number of rotatable bonds is 4. The lowest BCUT2D eigenvalue weighted by molar-refractivity contribution is -0.0492. The van der Waals surface area contributed by atoms with Gasteiger partial charge in [0.25, 0.3) is 0 Å². The van der Waals surface area contributed by atoms with Gasteiger partial charge in [0.2, 0.25) is 0 Å². The fraction of sp³-hybridized carbons (Fsp3) is 0.600. The Morgan fingerprint density at radius 3 is 2.70 bits per heavy atom. The maximum absolute atomic E-state index is 13.9. The molecule has 1 saturated heterocycles. The zero-order chi connectivity index (χ0) is 14.9. The number of anilines is 1. The SMILES string of the molecule is O=c1nc(NO)c(CO)cn1[C@H]1O[C@@H](CO)[C@@H](O)C1F. The van der Waals surface area contributed by atoms with Gasteiger partial charge in [-0.1, -0.05) is 0 Å². The van der Waals surface area contributed by atoms with Gasteiger partial charge in [-0.25, -0.2) is 9.18 Å². The van der Waals surface area contributed by atoms with Crippen molar-refractivity contribution in [2.75, 3.05) is 12.1 Å². The van der Waals surface area contributed by atoms with Gasteiger partial charge in [0.15, 0.2) is 18.2 Å². The fourth-order valence-corrected chi connectivity index (χ4v) is 1.98. The van der Waals surface area contributed by atoms with Crippen molar-refractivity contribution in [2.24, 2.45) is 0 Å². The molecule has 1 aromatic heterocycles. The van der Waals surface area contributed by atoms with E-state index in [2.05, 4.69) is 4.98 Å². The van der Waals surface area contributed by atoms with Gasteiger partial charge >= 0.3 is 5.69 Å². The van der Waals surface area contributed by atoms with E-state index in [1.807, 2.05) is 0 Å². The third kappa shape index (κ3) is 2.39. The van der Waals surface area contributed by atoms with Crippen molar-refractivity contribution >= 4 is 5.82 Å². The van der Waals surface area contributed by atoms with Crippen molar-refractivity contribution in [3.05, 3.63) is 22.2 Å². The minimum atomic E-state index is -1.94. The highest BCUT2D eigenvalue weighted by Gasteiger charge is 2.45. The van der Waals surface area contributed by atoms with Crippen LogP contribution in [-0.4, -0.2) is 55.1 Å². The van der Waals surface area contributed by atoms with Crippen molar-refractivity contribution < 1.29 is 29.7 Å². The molecule has 0 bridgehead atoms. The third-order valence-corrected chi connectivity index (χ3v) is 3.05. The first kappa shape index (κ1) is 14.8. The minimum absolute atomic E-state index is 0.0323. The molecule has 2 heterocycles. The highest BCUT2D eigenvalue weighted by Crippen LogP contribution is 2.31. The monoisotopic (exact) mass is 291 g/mol. The van der Waals surface area contributed by atoms with Crippen molar-refractivity contribution in [3.63, 3.8) is 0 Å². The molecule has 0 saturated carbocycles. The van der Waals surface area contributed by atoms with Gasteiger partial charge in [-0.2, -0.15) is 4.98 Å². The summed E-state index contributed by atoms with van der Waals surface area (Å²) < 4.78 is 19.7. The summed E-state index contributed by atoms with van der Waals surface area (Å²) in [6.07, 6.45) is -5.09. The standard InChI is InChI=1S/C10H14FN3O6/c11-6-7(17)5(3-16)20-9(6)14-1-4(2-15)8(13-19)12-10(14)18/h1,5-7,9,15-17,19H,2-3H2,(H,12,13,18)/t5-,6?,7+,9-/m0/s1. The van der Waals surface area contributed by atoms with Crippen LogP contribution in [0.25, 0.3) is 0 Å². The lowest BCUT2D eigenvalue weighted by atomic mass is 10.1. The lowest BCUT2D eigenvalue weighted by Crippen LogP contribution is -2.34. The van der Waals surface area contributed by atoms with E-state index in [0.717, 1.165) is 10.8 Å². The molecule has 0 spiro atoms. The second-order valence-electron chi connectivity index (χ2n) is 4.26. The summed E-state index contributed by atoms with van der Waals surface area (Å²) in [7, 11) is 0. The Hall–Kier alpha value is -1.59. The summed E-state index contributed by atoms with van der Waals surface area (Å²) in [5.74, 6) is -0.263. The second-order valence-corrected chi connectivity index (χ2v) is 4.26. The van der Waals surface area contributed by atoms with E-state index in [0.29, 0.717) is 0 Å². The quantitative estimate of drug-likeness (QED) is 0.407. The number of aromatic nitrogens is 2. The van der Waals surface area contributed by atoms with Crippen LogP contribution < -0.4 is 11.2 Å². The molecule has 0 aromatic carbocycles.